The molecule has 9 heteroatoms. The van der Waals surface area contributed by atoms with E-state index >= 15 is 0 Å². The zero-order valence-corrected chi connectivity index (χ0v) is 19.1. The molecule has 4 aromatic rings. The van der Waals surface area contributed by atoms with E-state index in [2.05, 4.69) is 5.16 Å². The number of benzene rings is 2. The fourth-order valence-electron chi connectivity index (χ4n) is 3.75. The first-order chi connectivity index (χ1) is 16.4. The number of carbonyl (C=O) groups excluding carboxylic acids is 1. The maximum atomic E-state index is 13.6. The van der Waals surface area contributed by atoms with Crippen LogP contribution in [0, 0.1) is 0 Å². The minimum atomic E-state index is -1.70. The SMILES string of the molecule is COc1ccccc1-c1c(C(=O)C(C)(OC)OC)c(O)c(O)n1-c1ccc(-c2ccon2)cc1. The summed E-state index contributed by atoms with van der Waals surface area (Å²) in [6.45, 7) is 1.43. The monoisotopic (exact) mass is 464 g/mol. The first-order valence-electron chi connectivity index (χ1n) is 10.3. The van der Waals surface area contributed by atoms with Crippen molar-refractivity contribution in [2.75, 3.05) is 21.3 Å². The number of Topliss-reactive ketones (excluding diaryl/α,β-unsaturated/α-hetero) is 1. The van der Waals surface area contributed by atoms with Crippen molar-refractivity contribution in [3.05, 3.63) is 66.4 Å². The summed E-state index contributed by atoms with van der Waals surface area (Å²) >= 11 is 0. The Morgan fingerprint density at radius 1 is 1.00 bits per heavy atom. The van der Waals surface area contributed by atoms with Crippen molar-refractivity contribution in [3.63, 3.8) is 0 Å². The predicted molar refractivity (Wildman–Crippen MR) is 123 cm³/mol. The topological polar surface area (TPSA) is 116 Å². The number of nitrogens with zero attached hydrogens (tertiary/aromatic N) is 2. The van der Waals surface area contributed by atoms with Gasteiger partial charge in [0.1, 0.15) is 17.7 Å². The molecular weight excluding hydrogens is 440 g/mol. The van der Waals surface area contributed by atoms with Crippen molar-refractivity contribution in [2.24, 2.45) is 0 Å². The normalized spacial score (nSPS) is 11.5. The molecule has 0 bridgehead atoms. The Kier molecular flexibility index (Phi) is 6.14. The average Bonchev–Trinajstić information content (AvgIpc) is 3.50. The molecule has 0 saturated heterocycles. The van der Waals surface area contributed by atoms with Crippen LogP contribution in [0.3, 0.4) is 0 Å². The molecule has 34 heavy (non-hydrogen) atoms. The molecule has 2 aromatic carbocycles. The number of carbonyl (C=O) groups is 1. The molecule has 0 unspecified atom stereocenters. The Morgan fingerprint density at radius 2 is 1.68 bits per heavy atom. The lowest BCUT2D eigenvalue weighted by molar-refractivity contribution is -0.155. The molecule has 0 aliphatic heterocycles. The quantitative estimate of drug-likeness (QED) is 0.291. The molecule has 0 aliphatic carbocycles. The minimum absolute atomic E-state index is 0.172. The largest absolute Gasteiger partial charge is 0.503 e. The second kappa shape index (κ2) is 9.05. The van der Waals surface area contributed by atoms with E-state index in [9.17, 15) is 15.0 Å². The smallest absolute Gasteiger partial charge is 0.240 e. The fraction of sp³-hybridized carbons (Fsp3) is 0.200. The third-order valence-electron chi connectivity index (χ3n) is 5.76. The summed E-state index contributed by atoms with van der Waals surface area (Å²) in [4.78, 5) is 13.6. The summed E-state index contributed by atoms with van der Waals surface area (Å²) in [5.41, 5.74) is 2.43. The van der Waals surface area contributed by atoms with Gasteiger partial charge in [-0.15, -0.1) is 0 Å². The van der Waals surface area contributed by atoms with Gasteiger partial charge in [0.2, 0.25) is 17.5 Å². The van der Waals surface area contributed by atoms with Gasteiger partial charge in [0.05, 0.1) is 18.4 Å². The summed E-state index contributed by atoms with van der Waals surface area (Å²) in [6, 6.07) is 15.7. The molecule has 9 nitrogen and oxygen atoms in total. The van der Waals surface area contributed by atoms with Gasteiger partial charge >= 0.3 is 0 Å². The van der Waals surface area contributed by atoms with E-state index in [0.29, 0.717) is 22.7 Å². The van der Waals surface area contributed by atoms with Gasteiger partial charge in [-0.05, 0) is 31.2 Å². The number of aromatic hydroxyl groups is 2. The summed E-state index contributed by atoms with van der Waals surface area (Å²) in [5, 5.41) is 25.9. The minimum Gasteiger partial charge on any atom is -0.503 e. The molecule has 0 radical (unpaired) electrons. The predicted octanol–water partition coefficient (Wildman–Crippen LogP) is 4.41. The van der Waals surface area contributed by atoms with Crippen LogP contribution in [-0.2, 0) is 9.47 Å². The molecule has 2 heterocycles. The molecular formula is C25H24N2O7. The van der Waals surface area contributed by atoms with Gasteiger partial charge in [-0.1, -0.05) is 29.4 Å². The van der Waals surface area contributed by atoms with Gasteiger partial charge in [-0.3, -0.25) is 9.36 Å². The molecule has 2 N–H and O–H groups in total. The first kappa shape index (κ1) is 23.1. The number of para-hydroxylation sites is 1. The van der Waals surface area contributed by atoms with Crippen LogP contribution in [0.4, 0.5) is 0 Å². The summed E-state index contributed by atoms with van der Waals surface area (Å²) in [7, 11) is 4.13. The van der Waals surface area contributed by atoms with Gasteiger partial charge < -0.3 is 28.9 Å². The van der Waals surface area contributed by atoms with Gasteiger partial charge in [0, 0.05) is 37.1 Å². The van der Waals surface area contributed by atoms with E-state index < -0.39 is 23.2 Å². The number of ether oxygens (including phenoxy) is 3. The highest BCUT2D eigenvalue weighted by molar-refractivity contribution is 6.10. The van der Waals surface area contributed by atoms with Gasteiger partial charge in [-0.2, -0.15) is 0 Å². The van der Waals surface area contributed by atoms with Crippen LogP contribution in [0.1, 0.15) is 17.3 Å². The second-order valence-electron chi connectivity index (χ2n) is 7.55. The molecule has 0 fully saturated rings. The molecule has 2 aromatic heterocycles. The van der Waals surface area contributed by atoms with E-state index in [-0.39, 0.29) is 11.3 Å². The van der Waals surface area contributed by atoms with Gasteiger partial charge in [0.25, 0.3) is 0 Å². The van der Waals surface area contributed by atoms with Gasteiger partial charge in [0.15, 0.2) is 5.75 Å². The summed E-state index contributed by atoms with van der Waals surface area (Å²) < 4.78 is 22.4. The van der Waals surface area contributed by atoms with Crippen LogP contribution < -0.4 is 4.74 Å². The Balaban J connectivity index is 2.00. The highest BCUT2D eigenvalue weighted by Gasteiger charge is 2.41. The fourth-order valence-corrected chi connectivity index (χ4v) is 3.75. The number of rotatable bonds is 8. The molecule has 0 spiro atoms. The first-order valence-corrected chi connectivity index (χ1v) is 10.3. The van der Waals surface area contributed by atoms with Crippen LogP contribution in [0.25, 0.3) is 28.2 Å². The molecule has 0 saturated carbocycles. The van der Waals surface area contributed by atoms with Crippen LogP contribution in [0.5, 0.6) is 17.4 Å². The van der Waals surface area contributed by atoms with Gasteiger partial charge in [-0.25, -0.2) is 0 Å². The van der Waals surface area contributed by atoms with Crippen LogP contribution >= 0.6 is 0 Å². The molecule has 176 valence electrons. The highest BCUT2D eigenvalue weighted by atomic mass is 16.7. The third kappa shape index (κ3) is 3.70. The third-order valence-corrected chi connectivity index (χ3v) is 5.76. The second-order valence-corrected chi connectivity index (χ2v) is 7.55. The Morgan fingerprint density at radius 3 is 2.26 bits per heavy atom. The number of aromatic nitrogens is 2. The molecule has 0 amide bonds. The number of hydrogen-bond acceptors (Lipinski definition) is 8. The Hall–Kier alpha value is -4.08. The van der Waals surface area contributed by atoms with Crippen LogP contribution in [0.2, 0.25) is 0 Å². The van der Waals surface area contributed by atoms with Crippen LogP contribution in [0.15, 0.2) is 65.4 Å². The molecule has 4 rings (SSSR count). The maximum absolute atomic E-state index is 13.6. The van der Waals surface area contributed by atoms with Crippen molar-refractivity contribution in [1.29, 1.82) is 0 Å². The number of methoxy groups -OCH3 is 3. The van der Waals surface area contributed by atoms with Crippen molar-refractivity contribution >= 4 is 5.78 Å². The van der Waals surface area contributed by atoms with E-state index in [1.54, 1.807) is 54.6 Å². The van der Waals surface area contributed by atoms with E-state index in [4.69, 9.17) is 18.7 Å². The lowest BCUT2D eigenvalue weighted by Crippen LogP contribution is -2.39. The molecule has 0 aliphatic rings. The van der Waals surface area contributed by atoms with Crippen molar-refractivity contribution in [2.45, 2.75) is 12.7 Å². The number of ketones is 1. The summed E-state index contributed by atoms with van der Waals surface area (Å²) in [5.74, 6) is -3.07. The van der Waals surface area contributed by atoms with Crippen molar-refractivity contribution < 1.29 is 33.7 Å². The lowest BCUT2D eigenvalue weighted by Gasteiger charge is -2.25. The van der Waals surface area contributed by atoms with E-state index in [0.717, 1.165) is 5.56 Å². The Bertz CT molecular complexity index is 1300. The Labute approximate surface area is 195 Å². The average molecular weight is 464 g/mol. The number of hydrogen-bond donors (Lipinski definition) is 2. The van der Waals surface area contributed by atoms with Crippen LogP contribution in [-0.4, -0.2) is 52.8 Å². The zero-order chi connectivity index (χ0) is 24.5. The van der Waals surface area contributed by atoms with E-state index in [1.165, 1.54) is 39.1 Å². The highest BCUT2D eigenvalue weighted by Crippen LogP contribution is 2.47. The molecule has 0 atom stereocenters. The van der Waals surface area contributed by atoms with E-state index in [1.807, 2.05) is 0 Å². The summed E-state index contributed by atoms with van der Waals surface area (Å²) in [6.07, 6.45) is 1.47. The van der Waals surface area contributed by atoms with Crippen molar-refractivity contribution in [3.8, 4) is 45.6 Å². The zero-order valence-electron chi connectivity index (χ0n) is 19.1. The van der Waals surface area contributed by atoms with Crippen molar-refractivity contribution in [1.82, 2.24) is 9.72 Å². The lowest BCUT2D eigenvalue weighted by atomic mass is 9.98. The maximum Gasteiger partial charge on any atom is 0.240 e. The standard InChI is InChI=1S/C25H24N2O7/c1-25(32-3,33-4)23(29)20-21(17-7-5-6-8-19(17)31-2)27(24(30)22(20)28)16-11-9-15(10-12-16)18-13-14-34-26-18/h5-14,28,30H,1-4H3.